The van der Waals surface area contributed by atoms with Crippen LogP contribution in [-0.2, 0) is 6.54 Å². The maximum Gasteiger partial charge on any atom is 0.170 e. The van der Waals surface area contributed by atoms with E-state index in [0.717, 1.165) is 18.7 Å². The van der Waals surface area contributed by atoms with Gasteiger partial charge < -0.3 is 10.6 Å². The number of hydrogen-bond acceptors (Lipinski definition) is 4. The monoisotopic (exact) mass is 287 g/mol. The second-order valence-electron chi connectivity index (χ2n) is 4.66. The molecule has 2 rings (SSSR count). The van der Waals surface area contributed by atoms with Crippen molar-refractivity contribution in [1.82, 2.24) is 9.78 Å². The Morgan fingerprint density at radius 3 is 2.67 bits per heavy atom. The van der Waals surface area contributed by atoms with Gasteiger partial charge in [0.25, 0.3) is 0 Å². The van der Waals surface area contributed by atoms with Crippen LogP contribution in [0.2, 0.25) is 0 Å². The molecule has 5 nitrogen and oxygen atoms in total. The largest absolute Gasteiger partial charge is 0.383 e. The molecule has 1 heterocycles. The SMILES string of the molecule is CCN(CC)c1nn(Cc2cccc(F)c2)c(N)c1C#N. The van der Waals surface area contributed by atoms with Crippen molar-refractivity contribution in [3.05, 3.63) is 41.2 Å². The van der Waals surface area contributed by atoms with Gasteiger partial charge in [0.05, 0.1) is 6.54 Å². The second-order valence-corrected chi connectivity index (χ2v) is 4.66. The van der Waals surface area contributed by atoms with Gasteiger partial charge in [-0.3, -0.25) is 0 Å². The van der Waals surface area contributed by atoms with Crippen LogP contribution < -0.4 is 10.6 Å². The van der Waals surface area contributed by atoms with Crippen LogP contribution in [-0.4, -0.2) is 22.9 Å². The van der Waals surface area contributed by atoms with E-state index in [0.29, 0.717) is 23.7 Å². The number of nitrogens with two attached hydrogens (primary N) is 1. The third-order valence-electron chi connectivity index (χ3n) is 3.37. The topological polar surface area (TPSA) is 70.9 Å². The number of aromatic nitrogens is 2. The molecule has 0 radical (unpaired) electrons. The summed E-state index contributed by atoms with van der Waals surface area (Å²) in [6.07, 6.45) is 0. The fraction of sp³-hybridized carbons (Fsp3) is 0.333. The van der Waals surface area contributed by atoms with E-state index >= 15 is 0 Å². The van der Waals surface area contributed by atoms with Crippen molar-refractivity contribution in [2.75, 3.05) is 23.7 Å². The Kier molecular flexibility index (Phi) is 4.43. The van der Waals surface area contributed by atoms with E-state index in [1.54, 1.807) is 16.8 Å². The van der Waals surface area contributed by atoms with E-state index in [-0.39, 0.29) is 5.82 Å². The summed E-state index contributed by atoms with van der Waals surface area (Å²) in [5.41, 5.74) is 7.13. The lowest BCUT2D eigenvalue weighted by atomic mass is 10.2. The number of nitrogen functional groups attached to an aromatic ring is 1. The lowest BCUT2D eigenvalue weighted by molar-refractivity contribution is 0.620. The standard InChI is InChI=1S/C15H18FN5/c1-3-20(4-2)15-13(9-17)14(18)21(19-15)10-11-6-5-7-12(16)8-11/h5-8H,3-4,10,18H2,1-2H3. The molecule has 0 aliphatic carbocycles. The van der Waals surface area contributed by atoms with Crippen LogP contribution in [0, 0.1) is 17.1 Å². The molecule has 0 aliphatic heterocycles. The number of anilines is 2. The molecule has 0 bridgehead atoms. The van der Waals surface area contributed by atoms with Gasteiger partial charge in [-0.15, -0.1) is 0 Å². The summed E-state index contributed by atoms with van der Waals surface area (Å²) in [6.45, 7) is 5.79. The summed E-state index contributed by atoms with van der Waals surface area (Å²) >= 11 is 0. The van der Waals surface area contributed by atoms with Gasteiger partial charge in [-0.2, -0.15) is 10.4 Å². The number of hydrogen-bond donors (Lipinski definition) is 1. The summed E-state index contributed by atoms with van der Waals surface area (Å²) in [5, 5.41) is 13.7. The van der Waals surface area contributed by atoms with Gasteiger partial charge in [-0.05, 0) is 31.5 Å². The first-order valence-electron chi connectivity index (χ1n) is 6.86. The quantitative estimate of drug-likeness (QED) is 0.916. The molecular formula is C15H18FN5. The first kappa shape index (κ1) is 14.9. The van der Waals surface area contributed by atoms with Gasteiger partial charge in [-0.25, -0.2) is 9.07 Å². The fourth-order valence-corrected chi connectivity index (χ4v) is 2.24. The van der Waals surface area contributed by atoms with E-state index < -0.39 is 0 Å². The van der Waals surface area contributed by atoms with Gasteiger partial charge in [0.2, 0.25) is 0 Å². The van der Waals surface area contributed by atoms with Crippen LogP contribution in [0.3, 0.4) is 0 Å². The molecule has 0 aliphatic rings. The van der Waals surface area contributed by atoms with Crippen molar-refractivity contribution in [3.8, 4) is 6.07 Å². The number of halogens is 1. The lowest BCUT2D eigenvalue weighted by Crippen LogP contribution is -2.23. The fourth-order valence-electron chi connectivity index (χ4n) is 2.24. The molecule has 0 saturated carbocycles. The maximum atomic E-state index is 13.2. The summed E-state index contributed by atoms with van der Waals surface area (Å²) < 4.78 is 14.8. The Morgan fingerprint density at radius 2 is 2.10 bits per heavy atom. The minimum absolute atomic E-state index is 0.303. The molecule has 0 atom stereocenters. The minimum Gasteiger partial charge on any atom is -0.383 e. The van der Waals surface area contributed by atoms with E-state index in [1.165, 1.54) is 12.1 Å². The van der Waals surface area contributed by atoms with Gasteiger partial charge in [-0.1, -0.05) is 12.1 Å². The highest BCUT2D eigenvalue weighted by molar-refractivity contribution is 5.65. The molecule has 6 heteroatoms. The molecule has 0 saturated heterocycles. The molecular weight excluding hydrogens is 269 g/mol. The minimum atomic E-state index is -0.303. The van der Waals surface area contributed by atoms with E-state index in [9.17, 15) is 9.65 Å². The molecule has 2 N–H and O–H groups in total. The summed E-state index contributed by atoms with van der Waals surface area (Å²) in [7, 11) is 0. The Bertz CT molecular complexity index is 667. The van der Waals surface area contributed by atoms with E-state index in [2.05, 4.69) is 11.2 Å². The number of benzene rings is 1. The van der Waals surface area contributed by atoms with Crippen LogP contribution in [0.4, 0.5) is 16.0 Å². The Morgan fingerprint density at radius 1 is 1.38 bits per heavy atom. The lowest BCUT2D eigenvalue weighted by Gasteiger charge is -2.17. The number of nitriles is 1. The molecule has 1 aromatic carbocycles. The summed E-state index contributed by atoms with van der Waals surface area (Å²) in [4.78, 5) is 1.97. The van der Waals surface area contributed by atoms with Crippen molar-refractivity contribution < 1.29 is 4.39 Å². The first-order valence-corrected chi connectivity index (χ1v) is 6.86. The molecule has 2 aromatic rings. The van der Waals surface area contributed by atoms with Crippen molar-refractivity contribution in [1.29, 1.82) is 5.26 Å². The number of nitrogens with zero attached hydrogens (tertiary/aromatic N) is 4. The highest BCUT2D eigenvalue weighted by atomic mass is 19.1. The van der Waals surface area contributed by atoms with Crippen LogP contribution in [0.1, 0.15) is 25.0 Å². The van der Waals surface area contributed by atoms with Crippen molar-refractivity contribution in [3.63, 3.8) is 0 Å². The average molecular weight is 287 g/mol. The Labute approximate surface area is 123 Å². The molecule has 21 heavy (non-hydrogen) atoms. The molecule has 1 aromatic heterocycles. The Hall–Kier alpha value is -2.55. The predicted octanol–water partition coefficient (Wildman–Crippen LogP) is 2.37. The predicted molar refractivity (Wildman–Crippen MR) is 80.4 cm³/mol. The van der Waals surface area contributed by atoms with Crippen molar-refractivity contribution >= 4 is 11.6 Å². The maximum absolute atomic E-state index is 13.2. The third-order valence-corrected chi connectivity index (χ3v) is 3.37. The molecule has 0 amide bonds. The smallest absolute Gasteiger partial charge is 0.170 e. The van der Waals surface area contributed by atoms with E-state index in [4.69, 9.17) is 5.73 Å². The van der Waals surface area contributed by atoms with Crippen molar-refractivity contribution in [2.45, 2.75) is 20.4 Å². The van der Waals surface area contributed by atoms with Crippen LogP contribution in [0.5, 0.6) is 0 Å². The highest BCUT2D eigenvalue weighted by Gasteiger charge is 2.19. The molecule has 0 fully saturated rings. The van der Waals surface area contributed by atoms with Gasteiger partial charge in [0.1, 0.15) is 23.3 Å². The highest BCUT2D eigenvalue weighted by Crippen LogP contribution is 2.25. The van der Waals surface area contributed by atoms with Gasteiger partial charge in [0, 0.05) is 13.1 Å². The molecule has 110 valence electrons. The zero-order valence-electron chi connectivity index (χ0n) is 12.2. The van der Waals surface area contributed by atoms with Crippen LogP contribution in [0.25, 0.3) is 0 Å². The molecule has 0 unspecified atom stereocenters. The van der Waals surface area contributed by atoms with Crippen LogP contribution >= 0.6 is 0 Å². The zero-order chi connectivity index (χ0) is 15.4. The number of rotatable bonds is 5. The van der Waals surface area contributed by atoms with Crippen molar-refractivity contribution in [2.24, 2.45) is 0 Å². The van der Waals surface area contributed by atoms with Gasteiger partial charge >= 0.3 is 0 Å². The Balaban J connectivity index is 2.39. The summed E-state index contributed by atoms with van der Waals surface area (Å²) in [5.74, 6) is 0.586. The zero-order valence-corrected chi connectivity index (χ0v) is 12.2. The normalized spacial score (nSPS) is 10.4. The summed E-state index contributed by atoms with van der Waals surface area (Å²) in [6, 6.07) is 8.37. The average Bonchev–Trinajstić information content (AvgIpc) is 2.77. The third kappa shape index (κ3) is 2.97. The van der Waals surface area contributed by atoms with Gasteiger partial charge in [0.15, 0.2) is 5.82 Å². The molecule has 0 spiro atoms. The van der Waals surface area contributed by atoms with E-state index in [1.807, 2.05) is 18.7 Å². The van der Waals surface area contributed by atoms with Crippen LogP contribution in [0.15, 0.2) is 24.3 Å². The first-order chi connectivity index (χ1) is 10.1. The second kappa shape index (κ2) is 6.27.